The zero-order valence-electron chi connectivity index (χ0n) is 28.5. The van der Waals surface area contributed by atoms with Crippen LogP contribution in [0.4, 0.5) is 0 Å². The van der Waals surface area contributed by atoms with Gasteiger partial charge < -0.3 is 27.0 Å². The molecule has 1 aliphatic carbocycles. The van der Waals surface area contributed by atoms with E-state index in [1.54, 1.807) is 0 Å². The second-order valence-corrected chi connectivity index (χ2v) is 15.4. The Bertz CT molecular complexity index is 1190. The van der Waals surface area contributed by atoms with E-state index in [2.05, 4.69) is 95.1 Å². The molecule has 244 valence electrons. The molecule has 6 N–H and O–H groups in total. The van der Waals surface area contributed by atoms with Crippen LogP contribution < -0.4 is 17.2 Å². The third-order valence-electron chi connectivity index (χ3n) is 11.0. The van der Waals surface area contributed by atoms with E-state index in [1.165, 1.54) is 23.1 Å². The average molecular weight is 604 g/mol. The van der Waals surface area contributed by atoms with Crippen molar-refractivity contribution in [2.45, 2.75) is 140 Å². The van der Waals surface area contributed by atoms with Crippen LogP contribution >= 0.6 is 0 Å². The van der Waals surface area contributed by atoms with Gasteiger partial charge in [-0.1, -0.05) is 76.2 Å². The van der Waals surface area contributed by atoms with E-state index in [0.29, 0.717) is 31.1 Å². The number of nitrogens with two attached hydrogens (primary N) is 3. The molecule has 2 unspecified atom stereocenters. The van der Waals surface area contributed by atoms with Crippen molar-refractivity contribution in [2.24, 2.45) is 17.2 Å². The molecule has 1 amide bonds. The number of nitrogens with zero attached hydrogens (tertiary/aromatic N) is 2. The average Bonchev–Trinajstić information content (AvgIpc) is 3.31. The number of carbonyl (C=O) groups is 1. The fourth-order valence-electron chi connectivity index (χ4n) is 7.22. The van der Waals surface area contributed by atoms with Crippen molar-refractivity contribution < 1.29 is 4.79 Å². The van der Waals surface area contributed by atoms with Gasteiger partial charge in [-0.2, -0.15) is 0 Å². The molecule has 1 heterocycles. The van der Waals surface area contributed by atoms with Crippen molar-refractivity contribution in [1.82, 2.24) is 9.80 Å². The molecule has 2 fully saturated rings. The van der Waals surface area contributed by atoms with Crippen LogP contribution in [0.25, 0.3) is 0 Å². The SMILES string of the molecule is CC(Cc1ccc(C(C)(C)CCC(C)(C)c2ccc(C[C@H](N)C(=O)N3CCCC(N)CC3)cc2)cc1)N(C)[C@H]1CC[C@@H](N)C1. The number of benzene rings is 2. The topological polar surface area (TPSA) is 102 Å². The van der Waals surface area contributed by atoms with E-state index in [1.807, 2.05) is 4.90 Å². The Balaban J connectivity index is 1.28. The second kappa shape index (κ2) is 14.9. The predicted molar refractivity (Wildman–Crippen MR) is 185 cm³/mol. The summed E-state index contributed by atoms with van der Waals surface area (Å²) in [6, 6.07) is 19.3. The number of hydrogen-bond acceptors (Lipinski definition) is 5. The van der Waals surface area contributed by atoms with Gasteiger partial charge >= 0.3 is 0 Å². The molecule has 0 spiro atoms. The van der Waals surface area contributed by atoms with E-state index in [0.717, 1.165) is 63.5 Å². The molecule has 1 aliphatic heterocycles. The van der Waals surface area contributed by atoms with Crippen LogP contribution in [0.3, 0.4) is 0 Å². The quantitative estimate of drug-likeness (QED) is 0.290. The summed E-state index contributed by atoms with van der Waals surface area (Å²) in [6.07, 6.45) is 10.1. The molecule has 6 nitrogen and oxygen atoms in total. The zero-order chi connectivity index (χ0) is 32.1. The third-order valence-corrected chi connectivity index (χ3v) is 11.0. The zero-order valence-corrected chi connectivity index (χ0v) is 28.5. The molecule has 6 heteroatoms. The third kappa shape index (κ3) is 9.15. The lowest BCUT2D eigenvalue weighted by molar-refractivity contribution is -0.132. The fraction of sp³-hybridized carbons (Fsp3) is 0.658. The van der Waals surface area contributed by atoms with Gasteiger partial charge in [-0.15, -0.1) is 0 Å². The first-order valence-corrected chi connectivity index (χ1v) is 17.2. The first kappa shape index (κ1) is 34.6. The van der Waals surface area contributed by atoms with E-state index in [9.17, 15) is 4.79 Å². The summed E-state index contributed by atoms with van der Waals surface area (Å²) in [4.78, 5) is 17.4. The van der Waals surface area contributed by atoms with Crippen LogP contribution in [0.5, 0.6) is 0 Å². The first-order chi connectivity index (χ1) is 20.7. The molecule has 0 radical (unpaired) electrons. The van der Waals surface area contributed by atoms with Gasteiger partial charge in [0.25, 0.3) is 0 Å². The van der Waals surface area contributed by atoms with Crippen molar-refractivity contribution in [1.29, 1.82) is 0 Å². The van der Waals surface area contributed by atoms with E-state index < -0.39 is 6.04 Å². The standard InChI is InChI=1S/C38H61N5O/c1-27(42(6)34-18-17-33(40)26-34)24-28-9-13-30(14-10-28)37(2,3)20-21-38(4,5)31-15-11-29(12-16-31)25-35(41)36(44)43-22-7-8-32(39)19-23-43/h9-16,27,32-35H,7-8,17-26,39-41H2,1-6H3/t27?,32?,33-,34+,35+/m1/s1. The van der Waals surface area contributed by atoms with Crippen LogP contribution in [0, 0.1) is 0 Å². The highest BCUT2D eigenvalue weighted by molar-refractivity contribution is 5.82. The summed E-state index contributed by atoms with van der Waals surface area (Å²) in [5.41, 5.74) is 24.0. The molecular weight excluding hydrogens is 542 g/mol. The summed E-state index contributed by atoms with van der Waals surface area (Å²) in [6.45, 7) is 13.3. The van der Waals surface area contributed by atoms with Gasteiger partial charge in [-0.3, -0.25) is 4.79 Å². The molecule has 44 heavy (non-hydrogen) atoms. The highest BCUT2D eigenvalue weighted by Crippen LogP contribution is 2.36. The Labute approximate surface area is 268 Å². The van der Waals surface area contributed by atoms with Crippen LogP contribution in [0.1, 0.15) is 108 Å². The lowest BCUT2D eigenvalue weighted by Crippen LogP contribution is -2.45. The maximum Gasteiger partial charge on any atom is 0.239 e. The van der Waals surface area contributed by atoms with Crippen LogP contribution in [-0.2, 0) is 28.5 Å². The molecule has 1 saturated carbocycles. The Morgan fingerprint density at radius 1 is 0.818 bits per heavy atom. The lowest BCUT2D eigenvalue weighted by atomic mass is 9.72. The van der Waals surface area contributed by atoms with Crippen molar-refractivity contribution in [3.05, 3.63) is 70.8 Å². The number of carbonyl (C=O) groups excluding carboxylic acids is 1. The molecule has 0 bridgehead atoms. The van der Waals surface area contributed by atoms with Gasteiger partial charge in [0.05, 0.1) is 6.04 Å². The largest absolute Gasteiger partial charge is 0.341 e. The van der Waals surface area contributed by atoms with Gasteiger partial charge in [0.2, 0.25) is 5.91 Å². The number of rotatable bonds is 12. The molecule has 1 saturated heterocycles. The predicted octanol–water partition coefficient (Wildman–Crippen LogP) is 5.67. The van der Waals surface area contributed by atoms with Crippen molar-refractivity contribution in [3.63, 3.8) is 0 Å². The minimum Gasteiger partial charge on any atom is -0.341 e. The number of amides is 1. The van der Waals surface area contributed by atoms with Crippen molar-refractivity contribution in [2.75, 3.05) is 20.1 Å². The monoisotopic (exact) mass is 603 g/mol. The summed E-state index contributed by atoms with van der Waals surface area (Å²) in [5.74, 6) is 0.0508. The smallest absolute Gasteiger partial charge is 0.239 e. The van der Waals surface area contributed by atoms with E-state index in [-0.39, 0.29) is 22.8 Å². The van der Waals surface area contributed by atoms with Crippen LogP contribution in [-0.4, -0.2) is 66.1 Å². The maximum absolute atomic E-state index is 13.0. The molecule has 4 rings (SSSR count). The molecule has 2 aliphatic rings. The number of likely N-dealkylation sites (tertiary alicyclic amines) is 1. The lowest BCUT2D eigenvalue weighted by Gasteiger charge is -2.33. The van der Waals surface area contributed by atoms with Gasteiger partial charge in [0.1, 0.15) is 0 Å². The normalized spacial score (nSPS) is 23.0. The minimum absolute atomic E-state index is 0.0429. The Kier molecular flexibility index (Phi) is 11.7. The van der Waals surface area contributed by atoms with Gasteiger partial charge in [0, 0.05) is 37.3 Å². The first-order valence-electron chi connectivity index (χ1n) is 17.2. The van der Waals surface area contributed by atoms with Gasteiger partial charge in [-0.25, -0.2) is 0 Å². The molecule has 2 aromatic carbocycles. The number of hydrogen-bond donors (Lipinski definition) is 3. The summed E-state index contributed by atoms with van der Waals surface area (Å²) in [7, 11) is 2.27. The minimum atomic E-state index is -0.509. The highest BCUT2D eigenvalue weighted by atomic mass is 16.2. The van der Waals surface area contributed by atoms with E-state index >= 15 is 0 Å². The molecule has 2 aromatic rings. The Hall–Kier alpha value is -2.25. The Morgan fingerprint density at radius 3 is 1.89 bits per heavy atom. The van der Waals surface area contributed by atoms with Crippen LogP contribution in [0.15, 0.2) is 48.5 Å². The second-order valence-electron chi connectivity index (χ2n) is 15.4. The number of likely N-dealkylation sites (N-methyl/N-ethyl adjacent to an activating group) is 1. The molecule has 5 atom stereocenters. The van der Waals surface area contributed by atoms with Gasteiger partial charge in [0.15, 0.2) is 0 Å². The van der Waals surface area contributed by atoms with Crippen LogP contribution in [0.2, 0.25) is 0 Å². The van der Waals surface area contributed by atoms with Gasteiger partial charge in [-0.05, 0) is 111 Å². The maximum atomic E-state index is 13.0. The summed E-state index contributed by atoms with van der Waals surface area (Å²) < 4.78 is 0. The van der Waals surface area contributed by atoms with Crippen molar-refractivity contribution in [3.8, 4) is 0 Å². The fourth-order valence-corrected chi connectivity index (χ4v) is 7.22. The van der Waals surface area contributed by atoms with Crippen molar-refractivity contribution >= 4 is 5.91 Å². The Morgan fingerprint density at radius 2 is 1.36 bits per heavy atom. The molecule has 0 aromatic heterocycles. The van der Waals surface area contributed by atoms with E-state index in [4.69, 9.17) is 17.2 Å². The summed E-state index contributed by atoms with van der Waals surface area (Å²) >= 11 is 0. The highest BCUT2D eigenvalue weighted by Gasteiger charge is 2.29. The molecular formula is C38H61N5O. The summed E-state index contributed by atoms with van der Waals surface area (Å²) in [5, 5.41) is 0.